The van der Waals surface area contributed by atoms with Crippen molar-refractivity contribution in [2.45, 2.75) is 6.92 Å². The molecule has 4 nitrogen and oxygen atoms in total. The third kappa shape index (κ3) is 3.61. The van der Waals surface area contributed by atoms with Crippen molar-refractivity contribution in [3.63, 3.8) is 0 Å². The maximum atomic E-state index is 11.7. The van der Waals surface area contributed by atoms with E-state index in [1.807, 2.05) is 12.3 Å². The van der Waals surface area contributed by atoms with Crippen molar-refractivity contribution in [1.29, 1.82) is 0 Å². The molecule has 0 bridgehead atoms. The van der Waals surface area contributed by atoms with E-state index in [-0.39, 0.29) is 5.91 Å². The summed E-state index contributed by atoms with van der Waals surface area (Å²) in [6.07, 6.45) is 6.52. The van der Waals surface area contributed by atoms with Crippen molar-refractivity contribution in [3.8, 4) is 0 Å². The number of nitrogens with one attached hydrogen (secondary N) is 1. The van der Waals surface area contributed by atoms with Crippen LogP contribution in [0.2, 0.25) is 0 Å². The summed E-state index contributed by atoms with van der Waals surface area (Å²) in [5.74, 6) is -0.176. The molecular weight excluding hydrogens is 361 g/mol. The summed E-state index contributed by atoms with van der Waals surface area (Å²) in [7, 11) is 0. The maximum Gasteiger partial charge on any atom is 0.248 e. The highest BCUT2D eigenvalue weighted by molar-refractivity contribution is 14.1. The second-order valence-corrected chi connectivity index (χ2v) is 5.69. The van der Waals surface area contributed by atoms with Gasteiger partial charge in [0.15, 0.2) is 0 Å². The standard InChI is InChI=1S/C12H10IN3OS/c1-8-15-9(7-18-8)2-3-12(17)16-11-4-5-14-6-10(11)13/h2-7H,1H3,(H,14,16,17)/b3-2+. The molecule has 0 atom stereocenters. The molecule has 6 heteroatoms. The molecule has 1 amide bonds. The van der Waals surface area contributed by atoms with Gasteiger partial charge in [-0.15, -0.1) is 11.3 Å². The number of pyridine rings is 1. The molecule has 2 aromatic heterocycles. The fraction of sp³-hybridized carbons (Fsp3) is 0.0833. The second kappa shape index (κ2) is 6.05. The number of nitrogens with zero attached hydrogens (tertiary/aromatic N) is 2. The highest BCUT2D eigenvalue weighted by atomic mass is 127. The van der Waals surface area contributed by atoms with Gasteiger partial charge in [0.25, 0.3) is 0 Å². The van der Waals surface area contributed by atoms with Gasteiger partial charge in [0.1, 0.15) is 0 Å². The summed E-state index contributed by atoms with van der Waals surface area (Å²) in [5.41, 5.74) is 1.56. The maximum absolute atomic E-state index is 11.7. The van der Waals surface area contributed by atoms with Crippen molar-refractivity contribution < 1.29 is 4.79 Å². The minimum absolute atomic E-state index is 0.176. The Morgan fingerprint density at radius 3 is 3.06 bits per heavy atom. The van der Waals surface area contributed by atoms with E-state index in [1.54, 1.807) is 35.9 Å². The highest BCUT2D eigenvalue weighted by Crippen LogP contribution is 2.15. The molecule has 0 aliphatic rings. The van der Waals surface area contributed by atoms with E-state index in [9.17, 15) is 4.79 Å². The molecule has 0 fully saturated rings. The van der Waals surface area contributed by atoms with Gasteiger partial charge in [-0.05, 0) is 41.7 Å². The van der Waals surface area contributed by atoms with Crippen molar-refractivity contribution in [2.24, 2.45) is 0 Å². The van der Waals surface area contributed by atoms with Crippen LogP contribution in [0.1, 0.15) is 10.7 Å². The topological polar surface area (TPSA) is 54.9 Å². The van der Waals surface area contributed by atoms with Crippen LogP contribution in [0, 0.1) is 10.5 Å². The van der Waals surface area contributed by atoms with E-state index in [2.05, 4.69) is 37.9 Å². The second-order valence-electron chi connectivity index (χ2n) is 3.47. The SMILES string of the molecule is Cc1nc(/C=C/C(=O)Nc2ccncc2I)cs1. The molecule has 0 spiro atoms. The zero-order valence-corrected chi connectivity index (χ0v) is 12.5. The Kier molecular flexibility index (Phi) is 4.43. The molecule has 2 rings (SSSR count). The fourth-order valence-electron chi connectivity index (χ4n) is 1.27. The zero-order chi connectivity index (χ0) is 13.0. The van der Waals surface area contributed by atoms with E-state index in [0.717, 1.165) is 20.0 Å². The smallest absolute Gasteiger partial charge is 0.248 e. The average Bonchev–Trinajstić information content (AvgIpc) is 2.76. The summed E-state index contributed by atoms with van der Waals surface area (Å²) in [6.45, 7) is 1.93. The van der Waals surface area contributed by atoms with Crippen LogP contribution in [0.4, 0.5) is 5.69 Å². The van der Waals surface area contributed by atoms with Gasteiger partial charge in [-0.25, -0.2) is 4.98 Å². The molecule has 92 valence electrons. The number of hydrogen-bond acceptors (Lipinski definition) is 4. The molecule has 0 aromatic carbocycles. The van der Waals surface area contributed by atoms with Gasteiger partial charge in [0, 0.05) is 23.8 Å². The Bertz CT molecular complexity index is 595. The Labute approximate surface area is 122 Å². The molecule has 18 heavy (non-hydrogen) atoms. The first-order chi connectivity index (χ1) is 8.65. The van der Waals surface area contributed by atoms with Crippen LogP contribution in [0.5, 0.6) is 0 Å². The van der Waals surface area contributed by atoms with E-state index in [4.69, 9.17) is 0 Å². The van der Waals surface area contributed by atoms with Crippen LogP contribution in [-0.2, 0) is 4.79 Å². The molecule has 0 saturated heterocycles. The van der Waals surface area contributed by atoms with E-state index >= 15 is 0 Å². The molecule has 0 aliphatic carbocycles. The van der Waals surface area contributed by atoms with Crippen molar-refractivity contribution in [2.75, 3.05) is 5.32 Å². The zero-order valence-electron chi connectivity index (χ0n) is 9.55. The minimum Gasteiger partial charge on any atom is -0.321 e. The number of thiazole rings is 1. The Morgan fingerprint density at radius 2 is 2.39 bits per heavy atom. The molecule has 0 saturated carbocycles. The van der Waals surface area contributed by atoms with E-state index < -0.39 is 0 Å². The van der Waals surface area contributed by atoms with Gasteiger partial charge in [0.2, 0.25) is 5.91 Å². The van der Waals surface area contributed by atoms with Crippen LogP contribution in [-0.4, -0.2) is 15.9 Å². The van der Waals surface area contributed by atoms with Crippen LogP contribution < -0.4 is 5.32 Å². The Hall–Kier alpha value is -1.28. The molecule has 0 radical (unpaired) electrons. The highest BCUT2D eigenvalue weighted by Gasteiger charge is 2.02. The lowest BCUT2D eigenvalue weighted by atomic mass is 10.3. The Balaban J connectivity index is 2.01. The first-order valence-electron chi connectivity index (χ1n) is 5.16. The normalized spacial score (nSPS) is 10.8. The first kappa shape index (κ1) is 13.2. The Morgan fingerprint density at radius 1 is 1.56 bits per heavy atom. The largest absolute Gasteiger partial charge is 0.321 e. The van der Waals surface area contributed by atoms with E-state index in [1.165, 1.54) is 6.08 Å². The summed E-state index contributed by atoms with van der Waals surface area (Å²) in [4.78, 5) is 19.9. The monoisotopic (exact) mass is 371 g/mol. The van der Waals surface area contributed by atoms with Crippen LogP contribution >= 0.6 is 33.9 Å². The number of aromatic nitrogens is 2. The van der Waals surface area contributed by atoms with Crippen LogP contribution in [0.25, 0.3) is 6.08 Å². The van der Waals surface area contributed by atoms with Gasteiger partial charge in [-0.2, -0.15) is 0 Å². The number of halogens is 1. The third-order valence-corrected chi connectivity index (χ3v) is 3.72. The number of hydrogen-bond donors (Lipinski definition) is 1. The number of anilines is 1. The average molecular weight is 371 g/mol. The number of rotatable bonds is 3. The predicted molar refractivity (Wildman–Crippen MR) is 81.5 cm³/mol. The summed E-state index contributed by atoms with van der Waals surface area (Å²) >= 11 is 3.68. The van der Waals surface area contributed by atoms with Gasteiger partial charge in [0.05, 0.1) is 20.0 Å². The number of aryl methyl sites for hydroxylation is 1. The van der Waals surface area contributed by atoms with Crippen molar-refractivity contribution in [1.82, 2.24) is 9.97 Å². The number of amides is 1. The molecule has 0 aliphatic heterocycles. The number of carbonyl (C=O) groups excluding carboxylic acids is 1. The van der Waals surface area contributed by atoms with Gasteiger partial charge >= 0.3 is 0 Å². The third-order valence-electron chi connectivity index (χ3n) is 2.07. The lowest BCUT2D eigenvalue weighted by molar-refractivity contribution is -0.111. The van der Waals surface area contributed by atoms with Gasteiger partial charge in [-0.1, -0.05) is 0 Å². The van der Waals surface area contributed by atoms with Crippen LogP contribution in [0.3, 0.4) is 0 Å². The lowest BCUT2D eigenvalue weighted by Gasteiger charge is -2.03. The summed E-state index contributed by atoms with van der Waals surface area (Å²) < 4.78 is 0.904. The molecule has 2 heterocycles. The van der Waals surface area contributed by atoms with Gasteiger partial charge in [-0.3, -0.25) is 9.78 Å². The first-order valence-corrected chi connectivity index (χ1v) is 7.11. The molecular formula is C12H10IN3OS. The van der Waals surface area contributed by atoms with Crippen LogP contribution in [0.15, 0.2) is 29.9 Å². The van der Waals surface area contributed by atoms with Crippen molar-refractivity contribution >= 4 is 51.6 Å². The quantitative estimate of drug-likeness (QED) is 0.667. The lowest BCUT2D eigenvalue weighted by Crippen LogP contribution is -2.09. The van der Waals surface area contributed by atoms with Crippen molar-refractivity contribution in [3.05, 3.63) is 44.2 Å². The predicted octanol–water partition coefficient (Wildman–Crippen LogP) is 3.10. The number of carbonyl (C=O) groups is 1. The molecule has 2 aromatic rings. The summed E-state index contributed by atoms with van der Waals surface area (Å²) in [5, 5.41) is 5.69. The fourth-order valence-corrected chi connectivity index (χ4v) is 2.32. The minimum atomic E-state index is -0.176. The molecule has 1 N–H and O–H groups in total. The molecule has 0 unspecified atom stereocenters. The summed E-state index contributed by atoms with van der Waals surface area (Å²) in [6, 6.07) is 1.76. The van der Waals surface area contributed by atoms with E-state index in [0.29, 0.717) is 0 Å². The van der Waals surface area contributed by atoms with Gasteiger partial charge < -0.3 is 5.32 Å².